The van der Waals surface area contributed by atoms with Gasteiger partial charge in [0.1, 0.15) is 0 Å². The number of anilines is 2. The molecule has 2 heterocycles. The Morgan fingerprint density at radius 2 is 1.90 bits per heavy atom. The summed E-state index contributed by atoms with van der Waals surface area (Å²) < 4.78 is 1.50. The lowest BCUT2D eigenvalue weighted by atomic mass is 10.1. The summed E-state index contributed by atoms with van der Waals surface area (Å²) in [6.07, 6.45) is 3.33. The molecule has 0 saturated heterocycles. The lowest BCUT2D eigenvalue weighted by Gasteiger charge is -2.26. The quantitative estimate of drug-likeness (QED) is 0.546. The van der Waals surface area contributed by atoms with Crippen molar-refractivity contribution >= 4 is 11.9 Å². The number of nitrogens with one attached hydrogen (secondary N) is 2. The number of hydrogen-bond acceptors (Lipinski definition) is 8. The predicted molar refractivity (Wildman–Crippen MR) is 77.3 cm³/mol. The molecule has 9 nitrogen and oxygen atoms in total. The third-order valence-corrected chi connectivity index (χ3v) is 2.78. The van der Waals surface area contributed by atoms with Crippen LogP contribution in [0.25, 0.3) is 5.95 Å². The van der Waals surface area contributed by atoms with Crippen molar-refractivity contribution in [1.82, 2.24) is 24.7 Å². The second kappa shape index (κ2) is 6.46. The lowest BCUT2D eigenvalue weighted by molar-refractivity contribution is 0.147. The Kier molecular flexibility index (Phi) is 4.66. The van der Waals surface area contributed by atoms with Crippen LogP contribution in [-0.4, -0.2) is 60.2 Å². The third-order valence-electron chi connectivity index (χ3n) is 2.78. The molecule has 0 fully saturated rings. The molecule has 0 radical (unpaired) electrons. The average molecular weight is 293 g/mol. The second-order valence-corrected chi connectivity index (χ2v) is 4.77. The molecule has 0 unspecified atom stereocenters. The van der Waals surface area contributed by atoms with E-state index in [1.807, 2.05) is 6.92 Å². The van der Waals surface area contributed by atoms with Crippen molar-refractivity contribution in [3.05, 3.63) is 18.5 Å². The van der Waals surface area contributed by atoms with Crippen LogP contribution in [0, 0.1) is 0 Å². The molecule has 0 bridgehead atoms. The molecule has 0 saturated carbocycles. The minimum absolute atomic E-state index is 0.247. The molecule has 0 aliphatic rings. The van der Waals surface area contributed by atoms with Gasteiger partial charge in [0.2, 0.25) is 11.9 Å². The first-order valence-electron chi connectivity index (χ1n) is 6.60. The van der Waals surface area contributed by atoms with Gasteiger partial charge in [0, 0.05) is 18.9 Å². The minimum Gasteiger partial charge on any atom is -0.394 e. The van der Waals surface area contributed by atoms with Gasteiger partial charge in [-0.05, 0) is 19.9 Å². The molecule has 0 amide bonds. The van der Waals surface area contributed by atoms with E-state index in [0.29, 0.717) is 18.4 Å². The Morgan fingerprint density at radius 3 is 2.48 bits per heavy atom. The first kappa shape index (κ1) is 15.1. The fourth-order valence-corrected chi connectivity index (χ4v) is 1.55. The highest BCUT2D eigenvalue weighted by atomic mass is 16.3. The van der Waals surface area contributed by atoms with Crippen LogP contribution < -0.4 is 10.6 Å². The Balaban J connectivity index is 2.36. The molecular weight excluding hydrogens is 274 g/mol. The van der Waals surface area contributed by atoms with Gasteiger partial charge in [-0.1, -0.05) is 0 Å². The number of nitrogens with zero attached hydrogens (tertiary/aromatic N) is 5. The zero-order chi connectivity index (χ0) is 15.3. The summed E-state index contributed by atoms with van der Waals surface area (Å²) in [5.41, 5.74) is -0.924. The largest absolute Gasteiger partial charge is 0.394 e. The highest BCUT2D eigenvalue weighted by molar-refractivity contribution is 5.39. The van der Waals surface area contributed by atoms with E-state index in [4.69, 9.17) is 0 Å². The highest BCUT2D eigenvalue weighted by Crippen LogP contribution is 2.14. The fourth-order valence-electron chi connectivity index (χ4n) is 1.55. The Bertz CT molecular complexity index is 569. The van der Waals surface area contributed by atoms with Crippen molar-refractivity contribution in [2.75, 3.05) is 30.4 Å². The van der Waals surface area contributed by atoms with E-state index in [1.54, 1.807) is 25.4 Å². The first-order valence-corrected chi connectivity index (χ1v) is 6.60. The molecule has 0 spiro atoms. The first-order chi connectivity index (χ1) is 10.1. The van der Waals surface area contributed by atoms with Crippen molar-refractivity contribution in [2.45, 2.75) is 19.4 Å². The van der Waals surface area contributed by atoms with E-state index >= 15 is 0 Å². The molecule has 0 aliphatic carbocycles. The molecule has 0 aromatic carbocycles. The number of hydrogen-bond donors (Lipinski definition) is 4. The van der Waals surface area contributed by atoms with Crippen molar-refractivity contribution in [3.8, 4) is 5.95 Å². The molecule has 21 heavy (non-hydrogen) atoms. The maximum atomic E-state index is 9.35. The summed E-state index contributed by atoms with van der Waals surface area (Å²) >= 11 is 0. The summed E-state index contributed by atoms with van der Waals surface area (Å²) in [6, 6.07) is 1.76. The number of aliphatic hydroxyl groups excluding tert-OH is 2. The summed E-state index contributed by atoms with van der Waals surface area (Å²) in [4.78, 5) is 12.7. The van der Waals surface area contributed by atoms with E-state index in [0.717, 1.165) is 0 Å². The smallest absolute Gasteiger partial charge is 0.257 e. The summed E-state index contributed by atoms with van der Waals surface area (Å²) in [5.74, 6) is 0.974. The van der Waals surface area contributed by atoms with Gasteiger partial charge in [-0.25, -0.2) is 4.68 Å². The van der Waals surface area contributed by atoms with Crippen molar-refractivity contribution in [2.24, 2.45) is 0 Å². The number of rotatable bonds is 7. The van der Waals surface area contributed by atoms with Gasteiger partial charge < -0.3 is 20.8 Å². The fraction of sp³-hybridized carbons (Fsp3) is 0.500. The summed E-state index contributed by atoms with van der Waals surface area (Å²) in [6.45, 7) is 3.72. The Morgan fingerprint density at radius 1 is 1.19 bits per heavy atom. The van der Waals surface area contributed by atoms with Gasteiger partial charge in [0.15, 0.2) is 0 Å². The minimum atomic E-state index is -0.924. The maximum Gasteiger partial charge on any atom is 0.257 e. The van der Waals surface area contributed by atoms with E-state index in [9.17, 15) is 10.2 Å². The lowest BCUT2D eigenvalue weighted by Crippen LogP contribution is -2.43. The second-order valence-electron chi connectivity index (χ2n) is 4.77. The van der Waals surface area contributed by atoms with E-state index in [1.165, 1.54) is 4.68 Å². The number of aliphatic hydroxyl groups is 2. The number of aromatic nitrogens is 5. The molecule has 9 heteroatoms. The van der Waals surface area contributed by atoms with Crippen LogP contribution in [0.2, 0.25) is 0 Å². The van der Waals surface area contributed by atoms with Crippen molar-refractivity contribution in [3.63, 3.8) is 0 Å². The highest BCUT2D eigenvalue weighted by Gasteiger charge is 2.24. The van der Waals surface area contributed by atoms with Gasteiger partial charge in [0.25, 0.3) is 5.95 Å². The molecule has 114 valence electrons. The van der Waals surface area contributed by atoms with Crippen LogP contribution in [0.4, 0.5) is 11.9 Å². The van der Waals surface area contributed by atoms with E-state index in [2.05, 4.69) is 30.7 Å². The molecule has 4 N–H and O–H groups in total. The predicted octanol–water partition coefficient (Wildman–Crippen LogP) is -0.356. The van der Waals surface area contributed by atoms with Crippen LogP contribution in [-0.2, 0) is 0 Å². The summed E-state index contributed by atoms with van der Waals surface area (Å²) in [5, 5.41) is 28.7. The van der Waals surface area contributed by atoms with Crippen molar-refractivity contribution in [1.29, 1.82) is 0 Å². The molecule has 2 rings (SSSR count). The van der Waals surface area contributed by atoms with Crippen LogP contribution >= 0.6 is 0 Å². The average Bonchev–Trinajstić information content (AvgIpc) is 3.01. The van der Waals surface area contributed by atoms with Crippen LogP contribution in [0.5, 0.6) is 0 Å². The SMILES string of the molecule is CCNc1nc(NC(C)(CO)CO)nc(-n2cccn2)n1. The van der Waals surface area contributed by atoms with E-state index < -0.39 is 5.54 Å². The zero-order valence-electron chi connectivity index (χ0n) is 12.0. The maximum absolute atomic E-state index is 9.35. The standard InChI is InChI=1S/C12H19N7O2/c1-3-13-9-15-10(18-12(2,7-20)8-21)17-11(16-9)19-6-4-5-14-19/h4-6,20-21H,3,7-8H2,1-2H3,(H2,13,15,16,17,18). The zero-order valence-corrected chi connectivity index (χ0v) is 12.0. The molecule has 2 aromatic heterocycles. The van der Waals surface area contributed by atoms with Crippen molar-refractivity contribution < 1.29 is 10.2 Å². The van der Waals surface area contributed by atoms with Gasteiger partial charge in [-0.15, -0.1) is 0 Å². The topological polar surface area (TPSA) is 121 Å². The van der Waals surface area contributed by atoms with Gasteiger partial charge in [-0.3, -0.25) is 0 Å². The normalized spacial score (nSPS) is 11.4. The van der Waals surface area contributed by atoms with Crippen LogP contribution in [0.15, 0.2) is 18.5 Å². The Labute approximate surface area is 122 Å². The monoisotopic (exact) mass is 293 g/mol. The molecule has 0 atom stereocenters. The molecule has 2 aromatic rings. The molecule has 0 aliphatic heterocycles. The van der Waals surface area contributed by atoms with E-state index in [-0.39, 0.29) is 19.2 Å². The molecular formula is C12H19N7O2. The van der Waals surface area contributed by atoms with Gasteiger partial charge >= 0.3 is 0 Å². The Hall–Kier alpha value is -2.26. The summed E-state index contributed by atoms with van der Waals surface area (Å²) in [7, 11) is 0. The van der Waals surface area contributed by atoms with Gasteiger partial charge in [0.05, 0.1) is 18.8 Å². The van der Waals surface area contributed by atoms with Gasteiger partial charge in [-0.2, -0.15) is 20.1 Å². The van der Waals surface area contributed by atoms with Crippen LogP contribution in [0.1, 0.15) is 13.8 Å². The third kappa shape index (κ3) is 3.64. The van der Waals surface area contributed by atoms with Crippen LogP contribution in [0.3, 0.4) is 0 Å².